The Bertz CT molecular complexity index is 510. The number of anilines is 2. The van der Waals surface area contributed by atoms with E-state index in [1.165, 1.54) is 11.1 Å². The maximum atomic E-state index is 5.77. The van der Waals surface area contributed by atoms with Gasteiger partial charge in [0.2, 0.25) is 0 Å². The first-order valence-corrected chi connectivity index (χ1v) is 5.21. The van der Waals surface area contributed by atoms with Crippen molar-refractivity contribution in [2.24, 2.45) is 0 Å². The molecule has 1 aliphatic rings. The molecule has 1 aromatic carbocycles. The van der Waals surface area contributed by atoms with Crippen molar-refractivity contribution in [2.75, 3.05) is 10.6 Å². The minimum atomic E-state index is 0.822. The summed E-state index contributed by atoms with van der Waals surface area (Å²) < 4.78 is 0. The first-order chi connectivity index (χ1) is 7.83. The van der Waals surface area contributed by atoms with Gasteiger partial charge in [0.1, 0.15) is 12.1 Å². The summed E-state index contributed by atoms with van der Waals surface area (Å²) in [7, 11) is 0. The SMILES string of the molecule is Nc1ccc2c(c1)CN(c1ccncn1)C2. The molecule has 80 valence electrons. The summed E-state index contributed by atoms with van der Waals surface area (Å²) in [6.45, 7) is 1.77. The number of hydrogen-bond donors (Lipinski definition) is 1. The van der Waals surface area contributed by atoms with Crippen LogP contribution in [0.4, 0.5) is 11.5 Å². The second-order valence-electron chi connectivity index (χ2n) is 3.95. The van der Waals surface area contributed by atoms with E-state index in [1.807, 2.05) is 18.2 Å². The third kappa shape index (κ3) is 1.48. The van der Waals surface area contributed by atoms with Gasteiger partial charge in [0.05, 0.1) is 0 Å². The van der Waals surface area contributed by atoms with Gasteiger partial charge in [-0.05, 0) is 29.3 Å². The highest BCUT2D eigenvalue weighted by molar-refractivity contribution is 5.52. The Hall–Kier alpha value is -2.10. The van der Waals surface area contributed by atoms with Crippen molar-refractivity contribution in [1.29, 1.82) is 0 Å². The molecule has 0 amide bonds. The number of nitrogen functional groups attached to an aromatic ring is 1. The minimum Gasteiger partial charge on any atom is -0.399 e. The second-order valence-corrected chi connectivity index (χ2v) is 3.95. The lowest BCUT2D eigenvalue weighted by Gasteiger charge is -2.15. The number of rotatable bonds is 1. The van der Waals surface area contributed by atoms with Crippen LogP contribution in [-0.2, 0) is 13.1 Å². The van der Waals surface area contributed by atoms with Gasteiger partial charge in [-0.15, -0.1) is 0 Å². The number of hydrogen-bond acceptors (Lipinski definition) is 4. The Morgan fingerprint density at radius 2 is 2.00 bits per heavy atom. The Labute approximate surface area is 93.8 Å². The predicted octanol–water partition coefficient (Wildman–Crippen LogP) is 1.58. The van der Waals surface area contributed by atoms with Crippen LogP contribution in [0.3, 0.4) is 0 Å². The summed E-state index contributed by atoms with van der Waals surface area (Å²) >= 11 is 0. The van der Waals surface area contributed by atoms with Crippen LogP contribution in [0.1, 0.15) is 11.1 Å². The molecule has 0 saturated heterocycles. The summed E-state index contributed by atoms with van der Waals surface area (Å²) in [6, 6.07) is 8.00. The standard InChI is InChI=1S/C12H12N4/c13-11-2-1-9-6-16(7-10(9)5-11)12-3-4-14-8-15-12/h1-5,8H,6-7,13H2. The van der Waals surface area contributed by atoms with E-state index in [0.29, 0.717) is 0 Å². The lowest BCUT2D eigenvalue weighted by molar-refractivity contribution is 0.851. The Balaban J connectivity index is 1.91. The highest BCUT2D eigenvalue weighted by Gasteiger charge is 2.19. The molecular weight excluding hydrogens is 200 g/mol. The molecule has 0 aliphatic carbocycles. The lowest BCUT2D eigenvalue weighted by atomic mass is 10.1. The van der Waals surface area contributed by atoms with Gasteiger partial charge in [0, 0.05) is 25.0 Å². The largest absolute Gasteiger partial charge is 0.399 e. The van der Waals surface area contributed by atoms with E-state index in [9.17, 15) is 0 Å². The zero-order chi connectivity index (χ0) is 11.0. The molecule has 0 spiro atoms. The molecular formula is C12H12N4. The molecule has 4 heteroatoms. The molecule has 1 aromatic heterocycles. The second kappa shape index (κ2) is 3.48. The molecule has 2 N–H and O–H groups in total. The van der Waals surface area contributed by atoms with E-state index in [1.54, 1.807) is 12.5 Å². The van der Waals surface area contributed by atoms with Crippen LogP contribution in [0.5, 0.6) is 0 Å². The van der Waals surface area contributed by atoms with Gasteiger partial charge in [-0.3, -0.25) is 0 Å². The molecule has 4 nitrogen and oxygen atoms in total. The van der Waals surface area contributed by atoms with E-state index >= 15 is 0 Å². The number of fused-ring (bicyclic) bond motifs is 1. The number of nitrogens with zero attached hydrogens (tertiary/aromatic N) is 3. The zero-order valence-corrected chi connectivity index (χ0v) is 8.80. The van der Waals surface area contributed by atoms with E-state index in [2.05, 4.69) is 20.9 Å². The third-order valence-corrected chi connectivity index (χ3v) is 2.84. The van der Waals surface area contributed by atoms with Crippen molar-refractivity contribution in [3.05, 3.63) is 47.9 Å². The smallest absolute Gasteiger partial charge is 0.132 e. The van der Waals surface area contributed by atoms with Gasteiger partial charge >= 0.3 is 0 Å². The van der Waals surface area contributed by atoms with Crippen molar-refractivity contribution >= 4 is 11.5 Å². The van der Waals surface area contributed by atoms with E-state index < -0.39 is 0 Å². The maximum absolute atomic E-state index is 5.77. The molecule has 0 fully saturated rings. The van der Waals surface area contributed by atoms with Crippen LogP contribution in [0, 0.1) is 0 Å². The fourth-order valence-corrected chi connectivity index (χ4v) is 2.05. The highest BCUT2D eigenvalue weighted by Crippen LogP contribution is 2.27. The van der Waals surface area contributed by atoms with Gasteiger partial charge in [-0.25, -0.2) is 9.97 Å². The van der Waals surface area contributed by atoms with Crippen LogP contribution >= 0.6 is 0 Å². The molecule has 0 atom stereocenters. The van der Waals surface area contributed by atoms with E-state index in [4.69, 9.17) is 5.73 Å². The van der Waals surface area contributed by atoms with Crippen molar-refractivity contribution in [3.63, 3.8) is 0 Å². The molecule has 0 unspecified atom stereocenters. The van der Waals surface area contributed by atoms with Crippen LogP contribution in [-0.4, -0.2) is 9.97 Å². The Morgan fingerprint density at radius 3 is 2.81 bits per heavy atom. The number of benzene rings is 1. The van der Waals surface area contributed by atoms with Crippen molar-refractivity contribution in [1.82, 2.24) is 9.97 Å². The average molecular weight is 212 g/mol. The van der Waals surface area contributed by atoms with Crippen molar-refractivity contribution in [2.45, 2.75) is 13.1 Å². The summed E-state index contributed by atoms with van der Waals surface area (Å²) in [5, 5.41) is 0. The first kappa shape index (κ1) is 9.15. The Morgan fingerprint density at radius 1 is 1.12 bits per heavy atom. The average Bonchev–Trinajstić information content (AvgIpc) is 2.73. The van der Waals surface area contributed by atoms with E-state index in [0.717, 1.165) is 24.6 Å². The summed E-state index contributed by atoms with van der Waals surface area (Å²) in [5.41, 5.74) is 9.21. The summed E-state index contributed by atoms with van der Waals surface area (Å²) in [4.78, 5) is 10.4. The molecule has 3 rings (SSSR count). The van der Waals surface area contributed by atoms with E-state index in [-0.39, 0.29) is 0 Å². The molecule has 0 radical (unpaired) electrons. The minimum absolute atomic E-state index is 0.822. The summed E-state index contributed by atoms with van der Waals surface area (Å²) in [6.07, 6.45) is 3.34. The van der Waals surface area contributed by atoms with Crippen molar-refractivity contribution in [3.8, 4) is 0 Å². The third-order valence-electron chi connectivity index (χ3n) is 2.84. The van der Waals surface area contributed by atoms with Crippen LogP contribution in [0.15, 0.2) is 36.8 Å². The van der Waals surface area contributed by atoms with Gasteiger partial charge < -0.3 is 10.6 Å². The van der Waals surface area contributed by atoms with Crippen LogP contribution in [0.2, 0.25) is 0 Å². The fourth-order valence-electron chi connectivity index (χ4n) is 2.05. The molecule has 1 aliphatic heterocycles. The highest BCUT2D eigenvalue weighted by atomic mass is 15.2. The normalized spacial score (nSPS) is 13.9. The van der Waals surface area contributed by atoms with Gasteiger partial charge in [0.15, 0.2) is 0 Å². The number of nitrogens with two attached hydrogens (primary N) is 1. The zero-order valence-electron chi connectivity index (χ0n) is 8.80. The molecule has 16 heavy (non-hydrogen) atoms. The Kier molecular flexibility index (Phi) is 1.99. The van der Waals surface area contributed by atoms with Gasteiger partial charge in [0.25, 0.3) is 0 Å². The first-order valence-electron chi connectivity index (χ1n) is 5.21. The van der Waals surface area contributed by atoms with Crippen LogP contribution < -0.4 is 10.6 Å². The predicted molar refractivity (Wildman–Crippen MR) is 62.8 cm³/mol. The molecule has 0 bridgehead atoms. The topological polar surface area (TPSA) is 55.0 Å². The molecule has 2 heterocycles. The quantitative estimate of drug-likeness (QED) is 0.729. The molecule has 0 saturated carbocycles. The van der Waals surface area contributed by atoms with Gasteiger partial charge in [-0.1, -0.05) is 6.07 Å². The maximum Gasteiger partial charge on any atom is 0.132 e. The molecule has 2 aromatic rings. The lowest BCUT2D eigenvalue weighted by Crippen LogP contribution is -2.15. The van der Waals surface area contributed by atoms with Gasteiger partial charge in [-0.2, -0.15) is 0 Å². The monoisotopic (exact) mass is 212 g/mol. The summed E-state index contributed by atoms with van der Waals surface area (Å²) in [5.74, 6) is 0.963. The van der Waals surface area contributed by atoms with Crippen LogP contribution in [0.25, 0.3) is 0 Å². The fraction of sp³-hybridized carbons (Fsp3) is 0.167. The number of aromatic nitrogens is 2. The van der Waals surface area contributed by atoms with Crippen molar-refractivity contribution < 1.29 is 0 Å².